The van der Waals surface area contributed by atoms with E-state index in [1.807, 2.05) is 0 Å². The van der Waals surface area contributed by atoms with Gasteiger partial charge in [-0.3, -0.25) is 4.79 Å². The van der Waals surface area contributed by atoms with Gasteiger partial charge in [-0.2, -0.15) is 0 Å². The van der Waals surface area contributed by atoms with E-state index in [1.54, 1.807) is 12.1 Å². The standard InChI is InChI=1S/C16H23FN2O.ClH/c1-16(2,3)14(11-4-6-13(17)7-5-11)19-15(20)12-8-9-18-10-12;/h4-7,12,14,18H,8-10H2,1-3H3,(H,19,20);1H. The number of amides is 1. The van der Waals surface area contributed by atoms with Crippen molar-refractivity contribution in [2.45, 2.75) is 33.2 Å². The lowest BCUT2D eigenvalue weighted by Gasteiger charge is -2.32. The fourth-order valence-corrected chi connectivity index (χ4v) is 2.59. The summed E-state index contributed by atoms with van der Waals surface area (Å²) in [6, 6.07) is 6.27. The van der Waals surface area contributed by atoms with Crippen LogP contribution in [0.2, 0.25) is 0 Å². The summed E-state index contributed by atoms with van der Waals surface area (Å²) in [5.74, 6) is -0.132. The van der Waals surface area contributed by atoms with Crippen LogP contribution in [0.4, 0.5) is 4.39 Å². The molecule has 0 spiro atoms. The zero-order valence-corrected chi connectivity index (χ0v) is 13.6. The Balaban J connectivity index is 0.00000220. The van der Waals surface area contributed by atoms with Gasteiger partial charge in [-0.25, -0.2) is 4.39 Å². The lowest BCUT2D eigenvalue weighted by Crippen LogP contribution is -2.40. The van der Waals surface area contributed by atoms with Crippen LogP contribution in [0.15, 0.2) is 24.3 Å². The largest absolute Gasteiger partial charge is 0.348 e. The van der Waals surface area contributed by atoms with Gasteiger partial charge in [-0.1, -0.05) is 32.9 Å². The van der Waals surface area contributed by atoms with E-state index in [2.05, 4.69) is 31.4 Å². The number of halogens is 2. The molecule has 2 rings (SSSR count). The molecule has 1 aliphatic rings. The van der Waals surface area contributed by atoms with Gasteiger partial charge in [0.2, 0.25) is 5.91 Å². The fourth-order valence-electron chi connectivity index (χ4n) is 2.59. The average molecular weight is 315 g/mol. The average Bonchev–Trinajstić information content (AvgIpc) is 2.89. The van der Waals surface area contributed by atoms with E-state index in [-0.39, 0.29) is 41.5 Å². The molecule has 1 aromatic carbocycles. The first kappa shape index (κ1) is 17.9. The van der Waals surface area contributed by atoms with Crippen LogP contribution in [-0.4, -0.2) is 19.0 Å². The second-order valence-electron chi connectivity index (χ2n) is 6.55. The summed E-state index contributed by atoms with van der Waals surface area (Å²) in [4.78, 5) is 12.3. The Labute approximate surface area is 132 Å². The quantitative estimate of drug-likeness (QED) is 0.900. The minimum atomic E-state index is -0.257. The number of hydrogen-bond donors (Lipinski definition) is 2. The third-order valence-corrected chi connectivity index (χ3v) is 3.79. The summed E-state index contributed by atoms with van der Waals surface area (Å²) >= 11 is 0. The summed E-state index contributed by atoms with van der Waals surface area (Å²) in [6.07, 6.45) is 0.881. The normalized spacial score (nSPS) is 19.7. The minimum Gasteiger partial charge on any atom is -0.348 e. The van der Waals surface area contributed by atoms with Crippen molar-refractivity contribution in [1.29, 1.82) is 0 Å². The van der Waals surface area contributed by atoms with E-state index in [0.29, 0.717) is 0 Å². The molecule has 0 saturated carbocycles. The number of rotatable bonds is 3. The van der Waals surface area contributed by atoms with Gasteiger partial charge in [0.15, 0.2) is 0 Å². The van der Waals surface area contributed by atoms with Gasteiger partial charge in [0.25, 0.3) is 0 Å². The molecule has 0 radical (unpaired) electrons. The number of carbonyl (C=O) groups excluding carboxylic acids is 1. The van der Waals surface area contributed by atoms with Crippen LogP contribution in [0.5, 0.6) is 0 Å². The Morgan fingerprint density at radius 2 is 1.95 bits per heavy atom. The molecule has 5 heteroatoms. The van der Waals surface area contributed by atoms with E-state index < -0.39 is 0 Å². The molecule has 2 unspecified atom stereocenters. The van der Waals surface area contributed by atoms with Gasteiger partial charge in [0, 0.05) is 6.54 Å². The van der Waals surface area contributed by atoms with E-state index in [9.17, 15) is 9.18 Å². The zero-order valence-electron chi connectivity index (χ0n) is 12.8. The molecule has 21 heavy (non-hydrogen) atoms. The van der Waals surface area contributed by atoms with E-state index in [4.69, 9.17) is 0 Å². The predicted octanol–water partition coefficient (Wildman–Crippen LogP) is 3.06. The summed E-state index contributed by atoms with van der Waals surface area (Å²) in [7, 11) is 0. The van der Waals surface area contributed by atoms with Crippen LogP contribution in [0.3, 0.4) is 0 Å². The van der Waals surface area contributed by atoms with Gasteiger partial charge in [-0.15, -0.1) is 12.4 Å². The zero-order chi connectivity index (χ0) is 14.8. The predicted molar refractivity (Wildman–Crippen MR) is 85.0 cm³/mol. The molecule has 0 aliphatic carbocycles. The first-order valence-corrected chi connectivity index (χ1v) is 7.14. The fraction of sp³-hybridized carbons (Fsp3) is 0.562. The van der Waals surface area contributed by atoms with Crippen molar-refractivity contribution in [3.8, 4) is 0 Å². The molecule has 2 atom stereocenters. The summed E-state index contributed by atoms with van der Waals surface area (Å²) < 4.78 is 13.1. The lowest BCUT2D eigenvalue weighted by atomic mass is 9.82. The van der Waals surface area contributed by atoms with Crippen LogP contribution in [0.25, 0.3) is 0 Å². The van der Waals surface area contributed by atoms with Crippen LogP contribution >= 0.6 is 12.4 Å². The van der Waals surface area contributed by atoms with Gasteiger partial charge in [-0.05, 0) is 36.1 Å². The number of carbonyl (C=O) groups is 1. The highest BCUT2D eigenvalue weighted by atomic mass is 35.5. The molecule has 1 aliphatic heterocycles. The first-order chi connectivity index (χ1) is 9.38. The van der Waals surface area contributed by atoms with E-state index in [0.717, 1.165) is 25.1 Å². The molecule has 1 aromatic rings. The lowest BCUT2D eigenvalue weighted by molar-refractivity contribution is -0.126. The molecule has 0 aromatic heterocycles. The third kappa shape index (κ3) is 4.68. The molecule has 2 N–H and O–H groups in total. The van der Waals surface area contributed by atoms with E-state index in [1.165, 1.54) is 12.1 Å². The maximum atomic E-state index is 13.1. The van der Waals surface area contributed by atoms with Crippen LogP contribution in [-0.2, 0) is 4.79 Å². The van der Waals surface area contributed by atoms with Crippen molar-refractivity contribution in [1.82, 2.24) is 10.6 Å². The smallest absolute Gasteiger partial charge is 0.224 e. The van der Waals surface area contributed by atoms with Gasteiger partial charge in [0.1, 0.15) is 5.82 Å². The topological polar surface area (TPSA) is 41.1 Å². The summed E-state index contributed by atoms with van der Waals surface area (Å²) in [5, 5.41) is 6.34. The van der Waals surface area contributed by atoms with Crippen LogP contribution in [0.1, 0.15) is 38.8 Å². The second kappa shape index (κ2) is 7.23. The van der Waals surface area contributed by atoms with Gasteiger partial charge < -0.3 is 10.6 Å². The minimum absolute atomic E-state index is 0. The van der Waals surface area contributed by atoms with Gasteiger partial charge >= 0.3 is 0 Å². The molecule has 118 valence electrons. The Morgan fingerprint density at radius 3 is 2.43 bits per heavy atom. The molecular formula is C16H24ClFN2O. The highest BCUT2D eigenvalue weighted by Crippen LogP contribution is 2.33. The van der Waals surface area contributed by atoms with Crippen molar-refractivity contribution < 1.29 is 9.18 Å². The Kier molecular flexibility index (Phi) is 6.17. The monoisotopic (exact) mass is 314 g/mol. The second-order valence-corrected chi connectivity index (χ2v) is 6.55. The maximum absolute atomic E-state index is 13.1. The van der Waals surface area contributed by atoms with Crippen LogP contribution in [0, 0.1) is 17.2 Å². The Bertz CT molecular complexity index is 464. The number of benzene rings is 1. The molecular weight excluding hydrogens is 291 g/mol. The molecule has 1 fully saturated rings. The first-order valence-electron chi connectivity index (χ1n) is 7.14. The van der Waals surface area contributed by atoms with Crippen molar-refractivity contribution in [3.05, 3.63) is 35.6 Å². The molecule has 3 nitrogen and oxygen atoms in total. The molecule has 1 amide bonds. The maximum Gasteiger partial charge on any atom is 0.224 e. The summed E-state index contributed by atoms with van der Waals surface area (Å²) in [5.41, 5.74) is 0.817. The summed E-state index contributed by atoms with van der Waals surface area (Å²) in [6.45, 7) is 7.87. The van der Waals surface area contributed by atoms with Gasteiger partial charge in [0.05, 0.1) is 12.0 Å². The van der Waals surface area contributed by atoms with Crippen molar-refractivity contribution in [2.24, 2.45) is 11.3 Å². The van der Waals surface area contributed by atoms with Crippen molar-refractivity contribution >= 4 is 18.3 Å². The van der Waals surface area contributed by atoms with Crippen LogP contribution < -0.4 is 10.6 Å². The molecule has 1 saturated heterocycles. The van der Waals surface area contributed by atoms with Crippen molar-refractivity contribution in [2.75, 3.05) is 13.1 Å². The third-order valence-electron chi connectivity index (χ3n) is 3.79. The Hall–Kier alpha value is -1.13. The number of nitrogens with one attached hydrogen (secondary N) is 2. The highest BCUT2D eigenvalue weighted by Gasteiger charge is 2.31. The van der Waals surface area contributed by atoms with E-state index >= 15 is 0 Å². The van der Waals surface area contributed by atoms with Crippen molar-refractivity contribution in [3.63, 3.8) is 0 Å². The highest BCUT2D eigenvalue weighted by molar-refractivity contribution is 5.85. The molecule has 0 bridgehead atoms. The Morgan fingerprint density at radius 1 is 1.33 bits per heavy atom. The number of hydrogen-bond acceptors (Lipinski definition) is 2. The SMILES string of the molecule is CC(C)(C)C(NC(=O)C1CCNC1)c1ccc(F)cc1.Cl. The molecule has 1 heterocycles.